The number of primary sulfonamides is 1. The maximum absolute atomic E-state index is 11.3. The third kappa shape index (κ3) is 3.28. The number of nitrogens with one attached hydrogen (secondary N) is 2. The summed E-state index contributed by atoms with van der Waals surface area (Å²) in [4.78, 5) is 8.96. The number of nitrogens with zero attached hydrogens (tertiary/aromatic N) is 2. The molecule has 9 heteroatoms. The molecule has 1 aromatic carbocycles. The second-order valence-electron chi connectivity index (χ2n) is 6.00. The maximum atomic E-state index is 11.3. The highest BCUT2D eigenvalue weighted by atomic mass is 32.2. The van der Waals surface area contributed by atoms with Crippen LogP contribution in [0.4, 0.5) is 17.5 Å². The molecule has 1 fully saturated rings. The standard InChI is InChI=1S/C16H17N5O3S/c17-25(22,23)12-6-4-11(5-7-12)19-16-20-13-8-9-24-14(13)15(21-16)18-10-2-1-3-10/h4-10H,1-3H2,(H2,17,22,23)(H2,18,19,20,21). The number of sulfonamides is 1. The quantitative estimate of drug-likeness (QED) is 0.639. The highest BCUT2D eigenvalue weighted by molar-refractivity contribution is 7.89. The third-order valence-corrected chi connectivity index (χ3v) is 5.12. The van der Waals surface area contributed by atoms with Crippen molar-refractivity contribution in [2.45, 2.75) is 30.2 Å². The van der Waals surface area contributed by atoms with E-state index in [1.807, 2.05) is 0 Å². The number of rotatable bonds is 5. The molecule has 0 aliphatic heterocycles. The molecule has 4 rings (SSSR count). The summed E-state index contributed by atoms with van der Waals surface area (Å²) < 4.78 is 28.1. The number of furan rings is 1. The van der Waals surface area contributed by atoms with Crippen molar-refractivity contribution < 1.29 is 12.8 Å². The Morgan fingerprint density at radius 3 is 2.52 bits per heavy atom. The van der Waals surface area contributed by atoms with Gasteiger partial charge in [0.2, 0.25) is 16.0 Å². The molecule has 0 amide bonds. The molecule has 8 nitrogen and oxygen atoms in total. The molecule has 0 spiro atoms. The summed E-state index contributed by atoms with van der Waals surface area (Å²) in [6.45, 7) is 0. The van der Waals surface area contributed by atoms with Crippen molar-refractivity contribution in [2.24, 2.45) is 5.14 Å². The van der Waals surface area contributed by atoms with Gasteiger partial charge in [-0.25, -0.2) is 18.5 Å². The molecule has 25 heavy (non-hydrogen) atoms. The molecule has 1 aliphatic carbocycles. The van der Waals surface area contributed by atoms with Gasteiger partial charge in [0.15, 0.2) is 11.4 Å². The molecule has 1 saturated carbocycles. The van der Waals surface area contributed by atoms with Gasteiger partial charge in [0.25, 0.3) is 0 Å². The predicted molar refractivity (Wildman–Crippen MR) is 94.2 cm³/mol. The van der Waals surface area contributed by atoms with Gasteiger partial charge in [0.1, 0.15) is 5.52 Å². The molecule has 2 heterocycles. The van der Waals surface area contributed by atoms with Crippen LogP contribution in [0.5, 0.6) is 0 Å². The van der Waals surface area contributed by atoms with Crippen LogP contribution >= 0.6 is 0 Å². The first-order chi connectivity index (χ1) is 12.0. The van der Waals surface area contributed by atoms with Crippen molar-refractivity contribution in [2.75, 3.05) is 10.6 Å². The Labute approximate surface area is 144 Å². The van der Waals surface area contributed by atoms with E-state index in [0.717, 1.165) is 12.8 Å². The van der Waals surface area contributed by atoms with E-state index >= 15 is 0 Å². The SMILES string of the molecule is NS(=O)(=O)c1ccc(Nc2nc(NC3CCC3)c3occc3n2)cc1. The predicted octanol–water partition coefficient (Wildman–Crippen LogP) is 2.58. The van der Waals surface area contributed by atoms with E-state index in [1.54, 1.807) is 24.5 Å². The molecule has 0 unspecified atom stereocenters. The summed E-state index contributed by atoms with van der Waals surface area (Å²) in [5.41, 5.74) is 1.98. The average molecular weight is 359 g/mol. The van der Waals surface area contributed by atoms with E-state index in [2.05, 4.69) is 20.6 Å². The van der Waals surface area contributed by atoms with Crippen LogP contribution in [-0.2, 0) is 10.0 Å². The average Bonchev–Trinajstić information content (AvgIpc) is 2.99. The van der Waals surface area contributed by atoms with Crippen LogP contribution in [0.25, 0.3) is 11.1 Å². The van der Waals surface area contributed by atoms with Crippen LogP contribution in [-0.4, -0.2) is 24.4 Å². The topological polar surface area (TPSA) is 123 Å². The van der Waals surface area contributed by atoms with Gasteiger partial charge in [-0.15, -0.1) is 0 Å². The number of aromatic nitrogens is 2. The third-order valence-electron chi connectivity index (χ3n) is 4.19. The Morgan fingerprint density at radius 2 is 1.88 bits per heavy atom. The van der Waals surface area contributed by atoms with E-state index in [4.69, 9.17) is 9.56 Å². The number of nitrogens with two attached hydrogens (primary N) is 1. The zero-order chi connectivity index (χ0) is 17.4. The molecule has 3 aromatic rings. The number of anilines is 3. The normalized spacial score (nSPS) is 15.1. The minimum absolute atomic E-state index is 0.0524. The molecule has 0 bridgehead atoms. The molecule has 1 aliphatic rings. The van der Waals surface area contributed by atoms with Gasteiger partial charge < -0.3 is 15.1 Å². The summed E-state index contributed by atoms with van der Waals surface area (Å²) in [6, 6.07) is 8.27. The first kappa shape index (κ1) is 15.9. The van der Waals surface area contributed by atoms with E-state index in [0.29, 0.717) is 34.6 Å². The Balaban J connectivity index is 1.62. The molecule has 130 valence electrons. The van der Waals surface area contributed by atoms with Crippen LogP contribution in [0.2, 0.25) is 0 Å². The fourth-order valence-electron chi connectivity index (χ4n) is 2.62. The summed E-state index contributed by atoms with van der Waals surface area (Å²) >= 11 is 0. The first-order valence-electron chi connectivity index (χ1n) is 7.91. The van der Waals surface area contributed by atoms with Gasteiger partial charge in [-0.2, -0.15) is 4.98 Å². The second kappa shape index (κ2) is 6.01. The number of fused-ring (bicyclic) bond motifs is 1. The number of benzene rings is 1. The molecule has 4 N–H and O–H groups in total. The Kier molecular flexibility index (Phi) is 3.81. The van der Waals surface area contributed by atoms with Gasteiger partial charge in [-0.1, -0.05) is 0 Å². The molecule has 2 aromatic heterocycles. The minimum atomic E-state index is -3.71. The van der Waals surface area contributed by atoms with E-state index in [9.17, 15) is 8.42 Å². The molecular weight excluding hydrogens is 342 g/mol. The zero-order valence-electron chi connectivity index (χ0n) is 13.3. The Bertz CT molecular complexity index is 1010. The summed E-state index contributed by atoms with van der Waals surface area (Å²) in [5, 5.41) is 11.6. The van der Waals surface area contributed by atoms with E-state index < -0.39 is 10.0 Å². The fourth-order valence-corrected chi connectivity index (χ4v) is 3.14. The van der Waals surface area contributed by atoms with Crippen LogP contribution in [0, 0.1) is 0 Å². The van der Waals surface area contributed by atoms with Crippen LogP contribution in [0.1, 0.15) is 19.3 Å². The van der Waals surface area contributed by atoms with Crippen molar-refractivity contribution in [1.29, 1.82) is 0 Å². The summed E-state index contributed by atoms with van der Waals surface area (Å²) in [6.07, 6.45) is 5.02. The molecular formula is C16H17N5O3S. The first-order valence-corrected chi connectivity index (χ1v) is 9.45. The van der Waals surface area contributed by atoms with E-state index in [1.165, 1.54) is 18.6 Å². The number of hydrogen-bond donors (Lipinski definition) is 3. The van der Waals surface area contributed by atoms with Crippen molar-refractivity contribution in [1.82, 2.24) is 9.97 Å². The maximum Gasteiger partial charge on any atom is 0.238 e. The largest absolute Gasteiger partial charge is 0.459 e. The Morgan fingerprint density at radius 1 is 1.12 bits per heavy atom. The van der Waals surface area contributed by atoms with Crippen molar-refractivity contribution in [3.8, 4) is 0 Å². The fraction of sp³-hybridized carbons (Fsp3) is 0.250. The van der Waals surface area contributed by atoms with Gasteiger partial charge in [-0.05, 0) is 43.5 Å². The lowest BCUT2D eigenvalue weighted by atomic mass is 9.93. The van der Waals surface area contributed by atoms with Crippen molar-refractivity contribution >= 4 is 38.6 Å². The van der Waals surface area contributed by atoms with Gasteiger partial charge in [-0.3, -0.25) is 0 Å². The number of hydrogen-bond acceptors (Lipinski definition) is 7. The highest BCUT2D eigenvalue weighted by Crippen LogP contribution is 2.29. The lowest BCUT2D eigenvalue weighted by molar-refractivity contribution is 0.444. The van der Waals surface area contributed by atoms with Gasteiger partial charge in [0.05, 0.1) is 11.2 Å². The van der Waals surface area contributed by atoms with Gasteiger partial charge >= 0.3 is 0 Å². The van der Waals surface area contributed by atoms with Gasteiger partial charge in [0, 0.05) is 17.8 Å². The summed E-state index contributed by atoms with van der Waals surface area (Å²) in [5.74, 6) is 1.06. The van der Waals surface area contributed by atoms with E-state index in [-0.39, 0.29) is 4.90 Å². The molecule has 0 radical (unpaired) electrons. The van der Waals surface area contributed by atoms with Crippen LogP contribution in [0.15, 0.2) is 45.9 Å². The van der Waals surface area contributed by atoms with Crippen molar-refractivity contribution in [3.05, 3.63) is 36.6 Å². The lowest BCUT2D eigenvalue weighted by Crippen LogP contribution is -2.27. The van der Waals surface area contributed by atoms with Crippen molar-refractivity contribution in [3.63, 3.8) is 0 Å². The zero-order valence-corrected chi connectivity index (χ0v) is 14.1. The minimum Gasteiger partial charge on any atom is -0.459 e. The Hall–Kier alpha value is -2.65. The monoisotopic (exact) mass is 359 g/mol. The molecule has 0 saturated heterocycles. The summed E-state index contributed by atoms with van der Waals surface area (Å²) in [7, 11) is -3.71. The smallest absolute Gasteiger partial charge is 0.238 e. The highest BCUT2D eigenvalue weighted by Gasteiger charge is 2.20. The lowest BCUT2D eigenvalue weighted by Gasteiger charge is -2.26. The van der Waals surface area contributed by atoms with Crippen LogP contribution in [0.3, 0.4) is 0 Å². The second-order valence-corrected chi connectivity index (χ2v) is 7.56. The van der Waals surface area contributed by atoms with Crippen LogP contribution < -0.4 is 15.8 Å². The molecule has 0 atom stereocenters.